The Balaban J connectivity index is 1.46. The maximum atomic E-state index is 13.5. The zero-order valence-electron chi connectivity index (χ0n) is 14.9. The summed E-state index contributed by atoms with van der Waals surface area (Å²) in [5, 5.41) is 3.82. The van der Waals surface area contributed by atoms with Gasteiger partial charge in [0.25, 0.3) is 5.91 Å². The molecule has 0 saturated heterocycles. The second kappa shape index (κ2) is 7.15. The Hall–Kier alpha value is -3.28. The summed E-state index contributed by atoms with van der Waals surface area (Å²) in [6.45, 7) is 1.81. The third-order valence-corrected chi connectivity index (χ3v) is 4.66. The van der Waals surface area contributed by atoms with Crippen LogP contribution in [0.15, 0.2) is 66.2 Å². The molecule has 0 fully saturated rings. The van der Waals surface area contributed by atoms with E-state index in [0.29, 0.717) is 24.2 Å². The van der Waals surface area contributed by atoms with E-state index in [1.165, 1.54) is 6.08 Å². The highest BCUT2D eigenvalue weighted by Crippen LogP contribution is 2.22. The molecule has 27 heavy (non-hydrogen) atoms. The lowest BCUT2D eigenvalue weighted by Gasteiger charge is -2.15. The highest BCUT2D eigenvalue weighted by molar-refractivity contribution is 6.06. The van der Waals surface area contributed by atoms with Gasteiger partial charge in [0.15, 0.2) is 0 Å². The van der Waals surface area contributed by atoms with Crippen LogP contribution in [-0.4, -0.2) is 27.0 Å². The van der Waals surface area contributed by atoms with E-state index in [0.717, 1.165) is 27.7 Å². The second-order valence-corrected chi connectivity index (χ2v) is 6.62. The van der Waals surface area contributed by atoms with Crippen molar-refractivity contribution in [1.29, 1.82) is 0 Å². The van der Waals surface area contributed by atoms with Crippen LogP contribution < -0.4 is 5.32 Å². The number of anilines is 1. The summed E-state index contributed by atoms with van der Waals surface area (Å²) < 4.78 is 13.5. The molecular weight excluding hydrogens is 343 g/mol. The number of rotatable bonds is 4. The first-order chi connectivity index (χ1) is 13.1. The summed E-state index contributed by atoms with van der Waals surface area (Å²) in [5.41, 5.74) is 4.17. The van der Waals surface area contributed by atoms with Gasteiger partial charge in [-0.25, -0.2) is 14.4 Å². The summed E-state index contributed by atoms with van der Waals surface area (Å²) in [5.74, 6) is 0.105. The number of hydrogen-bond acceptors (Lipinski definition) is 3. The molecule has 3 aromatic rings. The molecule has 1 unspecified atom stereocenters. The minimum Gasteiger partial charge on any atom is -0.346 e. The first kappa shape index (κ1) is 17.1. The highest BCUT2D eigenvalue weighted by Gasteiger charge is 2.18. The topological polar surface area (TPSA) is 70.7 Å². The van der Waals surface area contributed by atoms with Crippen LogP contribution in [0, 0.1) is 0 Å². The third-order valence-electron chi connectivity index (χ3n) is 4.66. The number of aromatic nitrogens is 3. The van der Waals surface area contributed by atoms with E-state index in [2.05, 4.69) is 20.3 Å². The molecule has 1 amide bonds. The van der Waals surface area contributed by atoms with E-state index >= 15 is 0 Å². The summed E-state index contributed by atoms with van der Waals surface area (Å²) in [7, 11) is 0. The predicted molar refractivity (Wildman–Crippen MR) is 103 cm³/mol. The van der Waals surface area contributed by atoms with Crippen LogP contribution in [0.4, 0.5) is 10.2 Å². The first-order valence-corrected chi connectivity index (χ1v) is 8.80. The minimum atomic E-state index is -1.12. The molecular formula is C21H19FN4O. The Labute approximate surface area is 156 Å². The molecule has 0 bridgehead atoms. The van der Waals surface area contributed by atoms with Crippen molar-refractivity contribution in [1.82, 2.24) is 15.0 Å². The molecule has 1 aliphatic rings. The number of H-pyrrole nitrogens is 1. The van der Waals surface area contributed by atoms with Crippen molar-refractivity contribution in [3.8, 4) is 0 Å². The van der Waals surface area contributed by atoms with Crippen molar-refractivity contribution in [2.75, 3.05) is 5.32 Å². The number of nitrogens with zero attached hydrogens (tertiary/aromatic N) is 2. The number of fused-ring (bicyclic) bond motifs is 1. The second-order valence-electron chi connectivity index (χ2n) is 6.62. The fourth-order valence-corrected chi connectivity index (χ4v) is 3.20. The van der Waals surface area contributed by atoms with Crippen molar-refractivity contribution in [3.63, 3.8) is 0 Å². The molecule has 0 aliphatic heterocycles. The van der Waals surface area contributed by atoms with E-state index in [-0.39, 0.29) is 5.91 Å². The number of amides is 1. The molecule has 0 spiro atoms. The zero-order valence-corrected chi connectivity index (χ0v) is 14.9. The average molecular weight is 362 g/mol. The molecule has 0 aromatic carbocycles. The minimum absolute atomic E-state index is 0.318. The molecule has 2 N–H and O–H groups in total. The molecule has 0 saturated carbocycles. The summed E-state index contributed by atoms with van der Waals surface area (Å²) in [4.78, 5) is 24.1. The van der Waals surface area contributed by atoms with Crippen molar-refractivity contribution in [2.24, 2.45) is 0 Å². The van der Waals surface area contributed by atoms with E-state index in [4.69, 9.17) is 0 Å². The Kier molecular flexibility index (Phi) is 4.54. The molecule has 1 aliphatic carbocycles. The van der Waals surface area contributed by atoms with Crippen molar-refractivity contribution < 1.29 is 9.18 Å². The SMILES string of the molecule is CC1=CCC(F)C=C1C(=O)Nc1ccc(Cc2c[nH]c3ncccc23)cn1. The Morgan fingerprint density at radius 1 is 1.33 bits per heavy atom. The van der Waals surface area contributed by atoms with Crippen LogP contribution in [0.3, 0.4) is 0 Å². The Bertz CT molecular complexity index is 1050. The van der Waals surface area contributed by atoms with Crippen LogP contribution in [0.1, 0.15) is 24.5 Å². The number of nitrogens with one attached hydrogen (secondary N) is 2. The number of halogens is 1. The van der Waals surface area contributed by atoms with Gasteiger partial charge < -0.3 is 10.3 Å². The van der Waals surface area contributed by atoms with Gasteiger partial charge in [0.2, 0.25) is 0 Å². The number of carbonyl (C=O) groups excluding carboxylic acids is 1. The molecule has 136 valence electrons. The smallest absolute Gasteiger partial charge is 0.256 e. The molecule has 3 aromatic heterocycles. The predicted octanol–water partition coefficient (Wildman–Crippen LogP) is 4.10. The monoisotopic (exact) mass is 362 g/mol. The van der Waals surface area contributed by atoms with Crippen LogP contribution >= 0.6 is 0 Å². The lowest BCUT2D eigenvalue weighted by Crippen LogP contribution is -2.19. The van der Waals surface area contributed by atoms with Crippen LogP contribution in [-0.2, 0) is 11.2 Å². The Morgan fingerprint density at radius 3 is 3.04 bits per heavy atom. The van der Waals surface area contributed by atoms with Gasteiger partial charge in [-0.1, -0.05) is 12.1 Å². The van der Waals surface area contributed by atoms with E-state index in [1.54, 1.807) is 24.5 Å². The lowest BCUT2D eigenvalue weighted by atomic mass is 9.97. The standard InChI is InChI=1S/C21H19FN4O/c1-13-4-6-16(22)10-18(13)21(27)26-19-7-5-14(11-24-19)9-15-12-25-20-17(15)3-2-8-23-20/h2-5,7-8,10-12,16H,6,9H2,1H3,(H,23,25)(H,24,26,27). The molecule has 3 heterocycles. The van der Waals surface area contributed by atoms with Gasteiger partial charge in [-0.3, -0.25) is 4.79 Å². The zero-order chi connectivity index (χ0) is 18.8. The average Bonchev–Trinajstić information content (AvgIpc) is 3.08. The van der Waals surface area contributed by atoms with Gasteiger partial charge in [0.1, 0.15) is 17.6 Å². The summed E-state index contributed by atoms with van der Waals surface area (Å²) >= 11 is 0. The molecule has 5 nitrogen and oxygen atoms in total. The van der Waals surface area contributed by atoms with Gasteiger partial charge in [-0.2, -0.15) is 0 Å². The molecule has 6 heteroatoms. The largest absolute Gasteiger partial charge is 0.346 e. The number of carbonyl (C=O) groups is 1. The number of allylic oxidation sites excluding steroid dienone is 2. The third kappa shape index (κ3) is 3.65. The number of alkyl halides is 1. The van der Waals surface area contributed by atoms with E-state index in [1.807, 2.05) is 31.3 Å². The van der Waals surface area contributed by atoms with E-state index < -0.39 is 6.17 Å². The van der Waals surface area contributed by atoms with Gasteiger partial charge in [-0.05, 0) is 47.9 Å². The van der Waals surface area contributed by atoms with Gasteiger partial charge >= 0.3 is 0 Å². The summed E-state index contributed by atoms with van der Waals surface area (Å²) in [6, 6.07) is 7.63. The van der Waals surface area contributed by atoms with Crippen molar-refractivity contribution in [2.45, 2.75) is 25.9 Å². The molecule has 4 rings (SSSR count). The van der Waals surface area contributed by atoms with Crippen LogP contribution in [0.2, 0.25) is 0 Å². The summed E-state index contributed by atoms with van der Waals surface area (Å²) in [6.07, 6.45) is 8.46. The molecule has 0 radical (unpaired) electrons. The lowest BCUT2D eigenvalue weighted by molar-refractivity contribution is -0.112. The highest BCUT2D eigenvalue weighted by atomic mass is 19.1. The van der Waals surface area contributed by atoms with Crippen LogP contribution in [0.25, 0.3) is 11.0 Å². The van der Waals surface area contributed by atoms with Crippen molar-refractivity contribution >= 4 is 22.8 Å². The van der Waals surface area contributed by atoms with Crippen molar-refractivity contribution in [3.05, 3.63) is 77.3 Å². The normalized spacial score (nSPS) is 16.7. The number of hydrogen-bond donors (Lipinski definition) is 2. The van der Waals surface area contributed by atoms with Gasteiger partial charge in [-0.15, -0.1) is 0 Å². The Morgan fingerprint density at radius 2 is 2.22 bits per heavy atom. The fraction of sp³-hybridized carbons (Fsp3) is 0.190. The maximum absolute atomic E-state index is 13.5. The van der Waals surface area contributed by atoms with Gasteiger partial charge in [0, 0.05) is 42.4 Å². The van der Waals surface area contributed by atoms with Crippen LogP contribution in [0.5, 0.6) is 0 Å². The number of pyridine rings is 2. The number of aromatic amines is 1. The van der Waals surface area contributed by atoms with Gasteiger partial charge in [0.05, 0.1) is 0 Å². The quantitative estimate of drug-likeness (QED) is 0.734. The molecule has 1 atom stereocenters. The first-order valence-electron chi connectivity index (χ1n) is 8.80. The maximum Gasteiger partial charge on any atom is 0.256 e. The fourth-order valence-electron chi connectivity index (χ4n) is 3.20. The van der Waals surface area contributed by atoms with E-state index in [9.17, 15) is 9.18 Å².